The summed E-state index contributed by atoms with van der Waals surface area (Å²) in [5.74, 6) is 0.273. The summed E-state index contributed by atoms with van der Waals surface area (Å²) >= 11 is 0. The van der Waals surface area contributed by atoms with Gasteiger partial charge in [-0.2, -0.15) is 0 Å². The highest BCUT2D eigenvalue weighted by atomic mass is 16.5. The molecule has 2 aromatic rings. The van der Waals surface area contributed by atoms with Crippen molar-refractivity contribution in [2.45, 2.75) is 46.1 Å². The Morgan fingerprint density at radius 3 is 2.48 bits per heavy atom. The lowest BCUT2D eigenvalue weighted by atomic mass is 9.90. The van der Waals surface area contributed by atoms with Crippen LogP contribution < -0.4 is 0 Å². The van der Waals surface area contributed by atoms with Crippen LogP contribution in [0, 0.1) is 19.8 Å². The average Bonchev–Trinajstić information content (AvgIpc) is 3.01. The molecule has 0 spiro atoms. The molecule has 0 saturated carbocycles. The van der Waals surface area contributed by atoms with Gasteiger partial charge in [-0.05, 0) is 51.5 Å². The molecule has 0 bridgehead atoms. The van der Waals surface area contributed by atoms with E-state index < -0.39 is 12.1 Å². The number of nitrogens with zero attached hydrogens (tertiary/aromatic N) is 2. The highest BCUT2D eigenvalue weighted by molar-refractivity contribution is 5.93. The van der Waals surface area contributed by atoms with E-state index in [9.17, 15) is 9.59 Å². The van der Waals surface area contributed by atoms with Crippen molar-refractivity contribution < 1.29 is 18.8 Å². The Kier molecular flexibility index (Phi) is 5.94. The summed E-state index contributed by atoms with van der Waals surface area (Å²) in [6.07, 6.45) is 2.15. The van der Waals surface area contributed by atoms with Crippen LogP contribution in [0.2, 0.25) is 0 Å². The molecule has 27 heavy (non-hydrogen) atoms. The molecule has 0 radical (unpaired) electrons. The minimum Gasteiger partial charge on any atom is -0.449 e. The maximum atomic E-state index is 12.6. The number of esters is 1. The van der Waals surface area contributed by atoms with Crippen molar-refractivity contribution in [3.8, 4) is 0 Å². The van der Waals surface area contributed by atoms with E-state index in [1.54, 1.807) is 25.7 Å². The average molecular weight is 370 g/mol. The van der Waals surface area contributed by atoms with Crippen LogP contribution in [0.5, 0.6) is 0 Å². The fourth-order valence-electron chi connectivity index (χ4n) is 3.61. The van der Waals surface area contributed by atoms with Gasteiger partial charge in [-0.1, -0.05) is 35.5 Å². The van der Waals surface area contributed by atoms with E-state index in [-0.39, 0.29) is 5.91 Å². The topological polar surface area (TPSA) is 72.6 Å². The fraction of sp³-hybridized carbons (Fsp3) is 0.476. The Balaban J connectivity index is 1.50. The van der Waals surface area contributed by atoms with Gasteiger partial charge in [-0.15, -0.1) is 0 Å². The van der Waals surface area contributed by atoms with Crippen LogP contribution in [0.3, 0.4) is 0 Å². The summed E-state index contributed by atoms with van der Waals surface area (Å²) in [4.78, 5) is 26.8. The van der Waals surface area contributed by atoms with Gasteiger partial charge in [0.15, 0.2) is 6.10 Å². The lowest BCUT2D eigenvalue weighted by molar-refractivity contribution is -0.141. The molecule has 1 fully saturated rings. The van der Waals surface area contributed by atoms with E-state index in [1.165, 1.54) is 5.56 Å². The molecule has 1 aromatic carbocycles. The lowest BCUT2D eigenvalue weighted by Crippen LogP contribution is -2.44. The van der Waals surface area contributed by atoms with Crippen molar-refractivity contribution in [1.29, 1.82) is 0 Å². The number of carbonyl (C=O) groups is 2. The predicted molar refractivity (Wildman–Crippen MR) is 100 cm³/mol. The van der Waals surface area contributed by atoms with Gasteiger partial charge >= 0.3 is 5.97 Å². The third-order valence-corrected chi connectivity index (χ3v) is 5.16. The molecule has 1 aliphatic heterocycles. The first kappa shape index (κ1) is 19.1. The lowest BCUT2D eigenvalue weighted by Gasteiger charge is -2.33. The van der Waals surface area contributed by atoms with E-state index in [0.29, 0.717) is 36.0 Å². The van der Waals surface area contributed by atoms with Crippen molar-refractivity contribution >= 4 is 11.9 Å². The van der Waals surface area contributed by atoms with Gasteiger partial charge in [0.25, 0.3) is 5.91 Å². The zero-order valence-corrected chi connectivity index (χ0v) is 16.1. The molecule has 0 N–H and O–H groups in total. The number of piperidine rings is 1. The van der Waals surface area contributed by atoms with Crippen LogP contribution >= 0.6 is 0 Å². The van der Waals surface area contributed by atoms with Gasteiger partial charge in [-0.3, -0.25) is 4.79 Å². The van der Waals surface area contributed by atoms with Crippen LogP contribution in [0.4, 0.5) is 0 Å². The Morgan fingerprint density at radius 2 is 1.89 bits per heavy atom. The molecule has 3 rings (SSSR count). The molecule has 2 heterocycles. The molecule has 1 amide bonds. The van der Waals surface area contributed by atoms with Crippen molar-refractivity contribution in [3.63, 3.8) is 0 Å². The summed E-state index contributed by atoms with van der Waals surface area (Å²) in [6, 6.07) is 10.4. The fourth-order valence-corrected chi connectivity index (χ4v) is 3.61. The summed E-state index contributed by atoms with van der Waals surface area (Å²) in [7, 11) is 0. The molecule has 6 nitrogen and oxygen atoms in total. The normalized spacial score (nSPS) is 16.2. The Labute approximate surface area is 159 Å². The zero-order valence-electron chi connectivity index (χ0n) is 16.1. The third-order valence-electron chi connectivity index (χ3n) is 5.16. The second-order valence-electron chi connectivity index (χ2n) is 7.21. The standard InChI is InChI=1S/C21H26N2O4/c1-14-19(15(2)27-22-14)21(25)26-16(3)20(24)23-11-9-18(10-12-23)13-17-7-5-4-6-8-17/h4-8,16,18H,9-13H2,1-3H3/t16-/m0/s1. The van der Waals surface area contributed by atoms with Crippen molar-refractivity contribution in [3.05, 3.63) is 52.9 Å². The molecule has 1 saturated heterocycles. The highest BCUT2D eigenvalue weighted by Gasteiger charge is 2.29. The summed E-state index contributed by atoms with van der Waals surface area (Å²) in [5.41, 5.74) is 2.11. The molecule has 144 valence electrons. The molecule has 1 aliphatic rings. The minimum absolute atomic E-state index is 0.145. The maximum Gasteiger partial charge on any atom is 0.344 e. The summed E-state index contributed by atoms with van der Waals surface area (Å²) < 4.78 is 10.4. The Hall–Kier alpha value is -2.63. The van der Waals surface area contributed by atoms with Crippen LogP contribution in [0.15, 0.2) is 34.9 Å². The molecule has 1 aromatic heterocycles. The maximum absolute atomic E-state index is 12.6. The number of amides is 1. The van der Waals surface area contributed by atoms with Gasteiger partial charge in [0, 0.05) is 13.1 Å². The Bertz CT molecular complexity index is 772. The first-order valence-electron chi connectivity index (χ1n) is 9.42. The van der Waals surface area contributed by atoms with Crippen LogP contribution in [0.25, 0.3) is 0 Å². The van der Waals surface area contributed by atoms with Crippen LogP contribution in [-0.2, 0) is 16.0 Å². The highest BCUT2D eigenvalue weighted by Crippen LogP contribution is 2.23. The van der Waals surface area contributed by atoms with Gasteiger partial charge in [0.2, 0.25) is 0 Å². The first-order valence-corrected chi connectivity index (χ1v) is 9.42. The number of likely N-dealkylation sites (tertiary alicyclic amines) is 1. The molecule has 0 unspecified atom stereocenters. The van der Waals surface area contributed by atoms with Crippen LogP contribution in [0.1, 0.15) is 47.1 Å². The van der Waals surface area contributed by atoms with E-state index in [2.05, 4.69) is 29.4 Å². The van der Waals surface area contributed by atoms with E-state index >= 15 is 0 Å². The SMILES string of the molecule is Cc1noc(C)c1C(=O)O[C@@H](C)C(=O)N1CCC(Cc2ccccc2)CC1. The zero-order chi connectivity index (χ0) is 19.4. The number of hydrogen-bond donors (Lipinski definition) is 0. The van der Waals surface area contributed by atoms with Crippen molar-refractivity contribution in [1.82, 2.24) is 10.1 Å². The molecular formula is C21H26N2O4. The van der Waals surface area contributed by atoms with Crippen molar-refractivity contribution in [2.24, 2.45) is 5.92 Å². The second-order valence-corrected chi connectivity index (χ2v) is 7.21. The quantitative estimate of drug-likeness (QED) is 0.755. The summed E-state index contributed by atoms with van der Waals surface area (Å²) in [5, 5.41) is 3.75. The monoisotopic (exact) mass is 370 g/mol. The van der Waals surface area contributed by atoms with E-state index in [0.717, 1.165) is 19.3 Å². The van der Waals surface area contributed by atoms with Gasteiger partial charge in [0.05, 0.1) is 5.69 Å². The molecule has 1 atom stereocenters. The molecular weight excluding hydrogens is 344 g/mol. The predicted octanol–water partition coefficient (Wildman–Crippen LogP) is 3.32. The number of rotatable bonds is 5. The molecule has 0 aliphatic carbocycles. The van der Waals surface area contributed by atoms with Crippen molar-refractivity contribution in [2.75, 3.05) is 13.1 Å². The summed E-state index contributed by atoms with van der Waals surface area (Å²) in [6.45, 7) is 6.35. The number of aryl methyl sites for hydroxylation is 2. The minimum atomic E-state index is -0.822. The first-order chi connectivity index (χ1) is 13.0. The second kappa shape index (κ2) is 8.37. The smallest absolute Gasteiger partial charge is 0.344 e. The van der Waals surface area contributed by atoms with E-state index in [4.69, 9.17) is 9.26 Å². The van der Waals surface area contributed by atoms with Gasteiger partial charge in [-0.25, -0.2) is 4.79 Å². The number of hydrogen-bond acceptors (Lipinski definition) is 5. The van der Waals surface area contributed by atoms with Crippen LogP contribution in [-0.4, -0.2) is 41.1 Å². The van der Waals surface area contributed by atoms with E-state index in [1.807, 2.05) is 6.07 Å². The number of aromatic nitrogens is 1. The van der Waals surface area contributed by atoms with Gasteiger partial charge < -0.3 is 14.2 Å². The number of carbonyl (C=O) groups excluding carboxylic acids is 2. The molecule has 6 heteroatoms. The number of benzene rings is 1. The third kappa shape index (κ3) is 4.56. The number of ether oxygens (including phenoxy) is 1. The van der Waals surface area contributed by atoms with Gasteiger partial charge in [0.1, 0.15) is 11.3 Å². The Morgan fingerprint density at radius 1 is 1.22 bits per heavy atom. The largest absolute Gasteiger partial charge is 0.449 e.